The molecule has 1 nitrogen and oxygen atoms in total. The normalized spacial score (nSPS) is 11.6. The summed E-state index contributed by atoms with van der Waals surface area (Å²) in [5.74, 6) is -19.1. The topological polar surface area (TPSA) is 9.23 Å². The molecule has 0 unspecified atom stereocenters. The van der Waals surface area contributed by atoms with Gasteiger partial charge < -0.3 is 4.74 Å². The van der Waals surface area contributed by atoms with E-state index in [0.29, 0.717) is 24.3 Å². The first-order valence-electron chi connectivity index (χ1n) is 10.6. The highest BCUT2D eigenvalue weighted by Crippen LogP contribution is 2.48. The third-order valence-corrected chi connectivity index (χ3v) is 6.07. The maximum atomic E-state index is 15.4. The standard InChI is InChI=1S/C27H10F10O/c1-38-10-7-13(29)20(14(30)8-10)19-11-3-2-4-12(28)18(11)17(9-5-15(31)23(33)16(32)6-9)21-22(19)25(35)27(37)26(36)24(21)34/h2-8H,1H3. The Labute approximate surface area is 206 Å². The molecule has 0 aliphatic carbocycles. The van der Waals surface area contributed by atoms with Crippen LogP contribution in [0.15, 0.2) is 42.5 Å². The minimum absolute atomic E-state index is 0.298. The first kappa shape index (κ1) is 25.4. The quantitative estimate of drug-likeness (QED) is 0.0963. The number of ether oxygens (including phenoxy) is 1. The average molecular weight is 540 g/mol. The van der Waals surface area contributed by atoms with E-state index in [2.05, 4.69) is 0 Å². The van der Waals surface area contributed by atoms with Crippen LogP contribution < -0.4 is 4.74 Å². The molecule has 0 aromatic heterocycles. The highest BCUT2D eigenvalue weighted by atomic mass is 19.2. The van der Waals surface area contributed by atoms with Gasteiger partial charge in [-0.25, -0.2) is 43.9 Å². The molecular formula is C27H10F10O. The van der Waals surface area contributed by atoms with Crippen molar-refractivity contribution < 1.29 is 48.6 Å². The Morgan fingerprint density at radius 2 is 1.00 bits per heavy atom. The number of methoxy groups -OCH3 is 1. The van der Waals surface area contributed by atoms with E-state index in [-0.39, 0.29) is 5.75 Å². The molecule has 5 aromatic carbocycles. The van der Waals surface area contributed by atoms with Gasteiger partial charge in [0, 0.05) is 39.4 Å². The molecule has 0 N–H and O–H groups in total. The molecule has 0 aliphatic rings. The van der Waals surface area contributed by atoms with E-state index in [1.54, 1.807) is 0 Å². The summed E-state index contributed by atoms with van der Waals surface area (Å²) in [5, 5.41) is -3.92. The highest BCUT2D eigenvalue weighted by Gasteiger charge is 2.32. The van der Waals surface area contributed by atoms with Crippen molar-refractivity contribution in [2.24, 2.45) is 0 Å². The van der Waals surface area contributed by atoms with Gasteiger partial charge in [0.1, 0.15) is 23.2 Å². The summed E-state index contributed by atoms with van der Waals surface area (Å²) in [6.45, 7) is 0. The molecule has 0 spiro atoms. The Balaban J connectivity index is 2.16. The van der Waals surface area contributed by atoms with Crippen molar-refractivity contribution in [3.63, 3.8) is 0 Å². The molecule has 0 amide bonds. The Morgan fingerprint density at radius 3 is 1.53 bits per heavy atom. The van der Waals surface area contributed by atoms with Crippen LogP contribution in [0.5, 0.6) is 5.75 Å². The van der Waals surface area contributed by atoms with Crippen LogP contribution >= 0.6 is 0 Å². The fraction of sp³-hybridized carbons (Fsp3) is 0.0370. The molecule has 0 atom stereocenters. The van der Waals surface area contributed by atoms with Crippen LogP contribution in [-0.2, 0) is 0 Å². The predicted octanol–water partition coefficient (Wildman–Crippen LogP) is 8.73. The van der Waals surface area contributed by atoms with Crippen LogP contribution in [0.2, 0.25) is 0 Å². The van der Waals surface area contributed by atoms with Crippen LogP contribution in [0.3, 0.4) is 0 Å². The summed E-state index contributed by atoms with van der Waals surface area (Å²) in [5.41, 5.74) is -3.72. The highest BCUT2D eigenvalue weighted by molar-refractivity contribution is 6.22. The van der Waals surface area contributed by atoms with Gasteiger partial charge in [-0.1, -0.05) is 12.1 Å². The first-order chi connectivity index (χ1) is 18.0. The van der Waals surface area contributed by atoms with E-state index in [1.807, 2.05) is 0 Å². The average Bonchev–Trinajstić information content (AvgIpc) is 2.88. The van der Waals surface area contributed by atoms with Gasteiger partial charge in [0.05, 0.1) is 12.7 Å². The van der Waals surface area contributed by atoms with Crippen LogP contribution in [0.25, 0.3) is 43.8 Å². The minimum Gasteiger partial charge on any atom is -0.497 e. The van der Waals surface area contributed by atoms with Gasteiger partial charge in [-0.3, -0.25) is 0 Å². The summed E-state index contributed by atoms with van der Waals surface area (Å²) in [6.07, 6.45) is 0. The van der Waals surface area contributed by atoms with Gasteiger partial charge >= 0.3 is 0 Å². The zero-order valence-corrected chi connectivity index (χ0v) is 18.7. The van der Waals surface area contributed by atoms with Crippen LogP contribution in [0, 0.1) is 58.2 Å². The third-order valence-electron chi connectivity index (χ3n) is 6.07. The van der Waals surface area contributed by atoms with Gasteiger partial charge in [-0.05, 0) is 29.1 Å². The fourth-order valence-corrected chi connectivity index (χ4v) is 4.50. The molecular weight excluding hydrogens is 530 g/mol. The first-order valence-corrected chi connectivity index (χ1v) is 10.6. The number of fused-ring (bicyclic) bond motifs is 2. The monoisotopic (exact) mass is 540 g/mol. The van der Waals surface area contributed by atoms with Crippen molar-refractivity contribution in [3.8, 4) is 28.0 Å². The molecule has 0 radical (unpaired) electrons. The Kier molecular flexibility index (Phi) is 5.96. The van der Waals surface area contributed by atoms with Crippen LogP contribution in [-0.4, -0.2) is 7.11 Å². The van der Waals surface area contributed by atoms with Crippen molar-refractivity contribution in [3.05, 3.63) is 101 Å². The van der Waals surface area contributed by atoms with Crippen molar-refractivity contribution in [2.45, 2.75) is 0 Å². The number of benzene rings is 5. The molecule has 38 heavy (non-hydrogen) atoms. The Hall–Kier alpha value is -4.28. The van der Waals surface area contributed by atoms with E-state index >= 15 is 22.0 Å². The van der Waals surface area contributed by atoms with E-state index in [4.69, 9.17) is 4.74 Å². The number of halogens is 10. The van der Waals surface area contributed by atoms with Gasteiger partial charge in [0.2, 0.25) is 0 Å². The van der Waals surface area contributed by atoms with Crippen molar-refractivity contribution >= 4 is 21.5 Å². The maximum Gasteiger partial charge on any atom is 0.198 e. The summed E-state index contributed by atoms with van der Waals surface area (Å²) >= 11 is 0. The lowest BCUT2D eigenvalue weighted by atomic mass is 9.84. The van der Waals surface area contributed by atoms with E-state index in [9.17, 15) is 22.0 Å². The molecule has 11 heteroatoms. The van der Waals surface area contributed by atoms with Crippen LogP contribution in [0.1, 0.15) is 0 Å². The largest absolute Gasteiger partial charge is 0.497 e. The minimum atomic E-state index is -2.39. The SMILES string of the molecule is COc1cc(F)c(-c2c3cccc(F)c3c(-c3cc(F)c(F)c(F)c3)c3c(F)c(F)c(F)c(F)c23)c(F)c1. The van der Waals surface area contributed by atoms with Crippen molar-refractivity contribution in [1.29, 1.82) is 0 Å². The molecule has 0 heterocycles. The Morgan fingerprint density at radius 1 is 0.474 bits per heavy atom. The lowest BCUT2D eigenvalue weighted by molar-refractivity contribution is 0.407. The molecule has 5 aromatic rings. The zero-order valence-electron chi connectivity index (χ0n) is 18.7. The zero-order chi connectivity index (χ0) is 27.6. The molecule has 0 fully saturated rings. The van der Waals surface area contributed by atoms with Crippen LogP contribution in [0.4, 0.5) is 43.9 Å². The van der Waals surface area contributed by atoms with E-state index in [0.717, 1.165) is 25.3 Å². The molecule has 194 valence electrons. The van der Waals surface area contributed by atoms with Crippen molar-refractivity contribution in [2.75, 3.05) is 7.11 Å². The van der Waals surface area contributed by atoms with Crippen molar-refractivity contribution in [1.82, 2.24) is 0 Å². The molecule has 0 saturated carbocycles. The molecule has 5 rings (SSSR count). The smallest absolute Gasteiger partial charge is 0.198 e. The van der Waals surface area contributed by atoms with Gasteiger partial charge in [-0.2, -0.15) is 0 Å². The van der Waals surface area contributed by atoms with Gasteiger partial charge in [0.15, 0.2) is 40.7 Å². The maximum absolute atomic E-state index is 15.4. The molecule has 0 aliphatic heterocycles. The second kappa shape index (κ2) is 8.93. The van der Waals surface area contributed by atoms with E-state index in [1.165, 1.54) is 0 Å². The van der Waals surface area contributed by atoms with Gasteiger partial charge in [0.25, 0.3) is 0 Å². The third kappa shape index (κ3) is 3.56. The summed E-state index contributed by atoms with van der Waals surface area (Å²) < 4.78 is 152. The summed E-state index contributed by atoms with van der Waals surface area (Å²) in [4.78, 5) is 0. The summed E-state index contributed by atoms with van der Waals surface area (Å²) in [6, 6.07) is 4.68. The number of rotatable bonds is 3. The number of hydrogen-bond donors (Lipinski definition) is 0. The Bertz CT molecular complexity index is 1770. The molecule has 0 saturated heterocycles. The number of hydrogen-bond acceptors (Lipinski definition) is 1. The second-order valence-corrected chi connectivity index (χ2v) is 8.14. The lowest BCUT2D eigenvalue weighted by Gasteiger charge is -2.20. The fourth-order valence-electron chi connectivity index (χ4n) is 4.50. The van der Waals surface area contributed by atoms with E-state index < -0.39 is 102 Å². The lowest BCUT2D eigenvalue weighted by Crippen LogP contribution is -2.05. The second-order valence-electron chi connectivity index (χ2n) is 8.14. The summed E-state index contributed by atoms with van der Waals surface area (Å²) in [7, 11) is 1.08. The van der Waals surface area contributed by atoms with Gasteiger partial charge in [-0.15, -0.1) is 0 Å². The predicted molar refractivity (Wildman–Crippen MR) is 118 cm³/mol. The molecule has 0 bridgehead atoms.